The number of rotatable bonds is 5. The van der Waals surface area contributed by atoms with Crippen molar-refractivity contribution in [2.45, 2.75) is 51.4 Å². The van der Waals surface area contributed by atoms with Crippen molar-refractivity contribution in [2.75, 3.05) is 0 Å². The molecular weight excluding hydrogens is 320 g/mol. The quantitative estimate of drug-likeness (QED) is 0.600. The maximum absolute atomic E-state index is 12.3. The molecule has 3 heteroatoms. The van der Waals surface area contributed by atoms with E-state index in [0.29, 0.717) is 5.92 Å². The van der Waals surface area contributed by atoms with Gasteiger partial charge >= 0.3 is 0 Å². The van der Waals surface area contributed by atoms with Gasteiger partial charge in [-0.15, -0.1) is 0 Å². The highest BCUT2D eigenvalue weighted by Gasteiger charge is 2.44. The van der Waals surface area contributed by atoms with Gasteiger partial charge in [-0.3, -0.25) is 4.79 Å². The molecule has 26 heavy (non-hydrogen) atoms. The van der Waals surface area contributed by atoms with E-state index in [1.807, 2.05) is 18.2 Å². The molecule has 0 saturated heterocycles. The minimum Gasteiger partial charge on any atom is -0.273 e. The smallest absolute Gasteiger partial charge is 0.243 e. The zero-order valence-corrected chi connectivity index (χ0v) is 16.1. The molecule has 1 fully saturated rings. The van der Waals surface area contributed by atoms with E-state index in [2.05, 4.69) is 74.6 Å². The maximum atomic E-state index is 12.3. The molecular formula is C23H28N2O. The topological polar surface area (TPSA) is 41.5 Å². The molecule has 0 aliphatic heterocycles. The Kier molecular flexibility index (Phi) is 5.26. The molecule has 0 spiro atoms. The lowest BCUT2D eigenvalue weighted by molar-refractivity contribution is -0.122. The third-order valence-electron chi connectivity index (χ3n) is 5.13. The number of hydrogen-bond donors (Lipinski definition) is 1. The summed E-state index contributed by atoms with van der Waals surface area (Å²) in [6, 6.07) is 18.9. The van der Waals surface area contributed by atoms with Crippen molar-refractivity contribution in [1.82, 2.24) is 5.43 Å². The predicted molar refractivity (Wildman–Crippen MR) is 107 cm³/mol. The average Bonchev–Trinajstić information content (AvgIpc) is 3.42. The fourth-order valence-corrected chi connectivity index (χ4v) is 3.22. The minimum absolute atomic E-state index is 0.0198. The summed E-state index contributed by atoms with van der Waals surface area (Å²) in [6.45, 7) is 8.71. The van der Waals surface area contributed by atoms with Crippen molar-refractivity contribution < 1.29 is 4.79 Å². The number of nitrogens with zero attached hydrogens (tertiary/aromatic N) is 1. The van der Waals surface area contributed by atoms with Crippen LogP contribution in [0.25, 0.3) is 0 Å². The first-order chi connectivity index (χ1) is 12.4. The Morgan fingerprint density at radius 2 is 1.77 bits per heavy atom. The van der Waals surface area contributed by atoms with Crippen LogP contribution in [0, 0.1) is 5.92 Å². The SMILES string of the molecule is C[C@H](/C=N\NC(=O)[C@@H]1C[C@@H]1c1ccc(C(C)(C)C)cc1)c1ccccc1. The zero-order valence-electron chi connectivity index (χ0n) is 16.1. The molecule has 1 aliphatic rings. The van der Waals surface area contributed by atoms with Crippen molar-refractivity contribution >= 4 is 12.1 Å². The number of amides is 1. The lowest BCUT2D eigenvalue weighted by atomic mass is 9.86. The molecule has 1 saturated carbocycles. The second-order valence-corrected chi connectivity index (χ2v) is 8.27. The third kappa shape index (κ3) is 4.40. The molecule has 1 N–H and O–H groups in total. The van der Waals surface area contributed by atoms with Gasteiger partial charge in [-0.2, -0.15) is 5.10 Å². The lowest BCUT2D eigenvalue weighted by Gasteiger charge is -2.19. The van der Waals surface area contributed by atoms with Gasteiger partial charge in [0, 0.05) is 18.1 Å². The van der Waals surface area contributed by atoms with Gasteiger partial charge in [0.1, 0.15) is 0 Å². The van der Waals surface area contributed by atoms with Gasteiger partial charge in [0.25, 0.3) is 0 Å². The van der Waals surface area contributed by atoms with Gasteiger partial charge in [0.05, 0.1) is 0 Å². The summed E-state index contributed by atoms with van der Waals surface area (Å²) in [5.41, 5.74) is 6.63. The molecule has 2 aromatic carbocycles. The Bertz CT molecular complexity index is 772. The largest absolute Gasteiger partial charge is 0.273 e. The second-order valence-electron chi connectivity index (χ2n) is 8.27. The number of hydrogen-bond acceptors (Lipinski definition) is 2. The van der Waals surface area contributed by atoms with Crippen LogP contribution in [0.15, 0.2) is 59.7 Å². The summed E-state index contributed by atoms with van der Waals surface area (Å²) in [5.74, 6) is 0.563. The Hall–Kier alpha value is -2.42. The molecule has 0 unspecified atom stereocenters. The summed E-state index contributed by atoms with van der Waals surface area (Å²) in [6.07, 6.45) is 2.70. The first-order valence-corrected chi connectivity index (χ1v) is 9.34. The molecule has 136 valence electrons. The first kappa shape index (κ1) is 18.4. The van der Waals surface area contributed by atoms with Gasteiger partial charge in [-0.05, 0) is 34.4 Å². The molecule has 1 aliphatic carbocycles. The summed E-state index contributed by atoms with van der Waals surface area (Å²) >= 11 is 0. The van der Waals surface area contributed by atoms with Crippen LogP contribution >= 0.6 is 0 Å². The molecule has 0 radical (unpaired) electrons. The van der Waals surface area contributed by atoms with E-state index in [-0.39, 0.29) is 23.2 Å². The maximum Gasteiger partial charge on any atom is 0.243 e. The van der Waals surface area contributed by atoms with E-state index in [1.54, 1.807) is 6.21 Å². The Morgan fingerprint density at radius 1 is 1.12 bits per heavy atom. The van der Waals surface area contributed by atoms with Crippen molar-refractivity contribution in [1.29, 1.82) is 0 Å². The van der Waals surface area contributed by atoms with Crippen LogP contribution in [0.1, 0.15) is 62.6 Å². The van der Waals surface area contributed by atoms with Gasteiger partial charge in [-0.25, -0.2) is 5.43 Å². The molecule has 0 bridgehead atoms. The normalized spacial score (nSPS) is 20.8. The fourth-order valence-electron chi connectivity index (χ4n) is 3.22. The summed E-state index contributed by atoms with van der Waals surface area (Å²) in [4.78, 5) is 12.3. The molecule has 2 aromatic rings. The third-order valence-corrected chi connectivity index (χ3v) is 5.13. The van der Waals surface area contributed by atoms with Crippen molar-refractivity contribution in [3.05, 3.63) is 71.3 Å². The van der Waals surface area contributed by atoms with Gasteiger partial charge in [-0.1, -0.05) is 82.3 Å². The van der Waals surface area contributed by atoms with Gasteiger partial charge < -0.3 is 0 Å². The van der Waals surface area contributed by atoms with E-state index >= 15 is 0 Å². The summed E-state index contributed by atoms with van der Waals surface area (Å²) in [5, 5.41) is 4.16. The highest BCUT2D eigenvalue weighted by atomic mass is 16.2. The van der Waals surface area contributed by atoms with Gasteiger partial charge in [0.15, 0.2) is 0 Å². The van der Waals surface area contributed by atoms with Crippen LogP contribution in [0.5, 0.6) is 0 Å². The van der Waals surface area contributed by atoms with E-state index in [1.165, 1.54) is 16.7 Å². The first-order valence-electron chi connectivity index (χ1n) is 9.34. The monoisotopic (exact) mass is 348 g/mol. The van der Waals surface area contributed by atoms with E-state index in [0.717, 1.165) is 6.42 Å². The fraction of sp³-hybridized carbons (Fsp3) is 0.391. The number of hydrazone groups is 1. The highest BCUT2D eigenvalue weighted by Crippen LogP contribution is 2.47. The Labute approximate surface area is 156 Å². The molecule has 0 aromatic heterocycles. The van der Waals surface area contributed by atoms with E-state index < -0.39 is 0 Å². The van der Waals surface area contributed by atoms with E-state index in [4.69, 9.17) is 0 Å². The lowest BCUT2D eigenvalue weighted by Crippen LogP contribution is -2.20. The zero-order chi connectivity index (χ0) is 18.7. The number of carbonyl (C=O) groups excluding carboxylic acids is 1. The van der Waals surface area contributed by atoms with Crippen LogP contribution in [-0.2, 0) is 10.2 Å². The Morgan fingerprint density at radius 3 is 2.38 bits per heavy atom. The highest BCUT2D eigenvalue weighted by molar-refractivity contribution is 5.83. The van der Waals surface area contributed by atoms with Crippen molar-refractivity contribution in [3.8, 4) is 0 Å². The van der Waals surface area contributed by atoms with Crippen molar-refractivity contribution in [3.63, 3.8) is 0 Å². The molecule has 3 atom stereocenters. The number of benzene rings is 2. The van der Waals surface area contributed by atoms with Crippen LogP contribution in [0.4, 0.5) is 0 Å². The second kappa shape index (κ2) is 7.45. The molecule has 1 amide bonds. The van der Waals surface area contributed by atoms with Gasteiger partial charge in [0.2, 0.25) is 5.91 Å². The predicted octanol–water partition coefficient (Wildman–Crippen LogP) is 4.99. The molecule has 0 heterocycles. The van der Waals surface area contributed by atoms with Crippen molar-refractivity contribution in [2.24, 2.45) is 11.0 Å². The summed E-state index contributed by atoms with van der Waals surface area (Å²) < 4.78 is 0. The summed E-state index contributed by atoms with van der Waals surface area (Å²) in [7, 11) is 0. The standard InChI is InChI=1S/C23H28N2O/c1-16(17-8-6-5-7-9-17)15-24-25-22(26)21-14-20(21)18-10-12-19(13-11-18)23(2,3)4/h5-13,15-16,20-21H,14H2,1-4H3,(H,25,26)/b24-15-/t16-,20-,21-/m1/s1. The van der Waals surface area contributed by atoms with Crippen LogP contribution in [0.2, 0.25) is 0 Å². The molecule has 3 nitrogen and oxygen atoms in total. The number of carbonyl (C=O) groups is 1. The van der Waals surface area contributed by atoms with E-state index in [9.17, 15) is 4.79 Å². The van der Waals surface area contributed by atoms with Crippen LogP contribution in [0.3, 0.4) is 0 Å². The van der Waals surface area contributed by atoms with Crippen LogP contribution in [-0.4, -0.2) is 12.1 Å². The average molecular weight is 348 g/mol. The van der Waals surface area contributed by atoms with Crippen LogP contribution < -0.4 is 5.43 Å². The molecule has 3 rings (SSSR count). The Balaban J connectivity index is 1.52. The minimum atomic E-state index is 0.0198. The number of nitrogens with one attached hydrogen (secondary N) is 1.